The van der Waals surface area contributed by atoms with Crippen LogP contribution in [0.1, 0.15) is 12.0 Å². The molecule has 1 fully saturated rings. The molecule has 2 aliphatic rings. The van der Waals surface area contributed by atoms with E-state index in [1.54, 1.807) is 29.2 Å². The summed E-state index contributed by atoms with van der Waals surface area (Å²) in [6.07, 6.45) is -0.0600. The zero-order valence-electron chi connectivity index (χ0n) is 17.9. The Morgan fingerprint density at radius 1 is 1.03 bits per heavy atom. The van der Waals surface area contributed by atoms with Gasteiger partial charge < -0.3 is 19.7 Å². The number of anilines is 2. The smallest absolute Gasteiger partial charge is 0.256 e. The third-order valence-corrected chi connectivity index (χ3v) is 6.30. The van der Waals surface area contributed by atoms with Crippen LogP contribution in [0.2, 0.25) is 5.02 Å². The van der Waals surface area contributed by atoms with Crippen molar-refractivity contribution in [2.24, 2.45) is 0 Å². The molecule has 1 N–H and O–H groups in total. The summed E-state index contributed by atoms with van der Waals surface area (Å²) >= 11 is 11.6. The molecular weight excluding hydrogens is 474 g/mol. The SMILES string of the molecule is O=C(C[C@@H]1C(=O)N(c2ccccc2)C(=S)N1Cc1ccc2c(c1)OCO2)Nc1ccc(Cl)cc1. The van der Waals surface area contributed by atoms with Crippen LogP contribution in [0.3, 0.4) is 0 Å². The van der Waals surface area contributed by atoms with Crippen molar-refractivity contribution in [1.82, 2.24) is 4.90 Å². The summed E-state index contributed by atoms with van der Waals surface area (Å²) in [7, 11) is 0. The van der Waals surface area contributed by atoms with Crippen LogP contribution in [0, 0.1) is 0 Å². The highest BCUT2D eigenvalue weighted by Gasteiger charge is 2.44. The third kappa shape index (κ3) is 4.42. The number of benzene rings is 3. The third-order valence-electron chi connectivity index (χ3n) is 5.63. The first-order valence-electron chi connectivity index (χ1n) is 10.6. The molecule has 1 saturated heterocycles. The maximum atomic E-state index is 13.5. The fourth-order valence-electron chi connectivity index (χ4n) is 3.99. The average Bonchev–Trinajstić information content (AvgIpc) is 3.39. The number of fused-ring (bicyclic) bond motifs is 1. The Hall–Kier alpha value is -3.62. The normalized spacial score (nSPS) is 16.8. The Balaban J connectivity index is 1.40. The number of halogens is 1. The van der Waals surface area contributed by atoms with Crippen molar-refractivity contribution in [3.05, 3.63) is 83.4 Å². The standard InChI is InChI=1S/C25H20ClN3O4S/c26-17-7-9-18(10-8-17)27-23(30)13-20-24(31)29(19-4-2-1-3-5-19)25(34)28(20)14-16-6-11-21-22(12-16)33-15-32-21/h1-12,20H,13-15H2,(H,27,30)/t20-/m1/s1. The number of nitrogens with zero attached hydrogens (tertiary/aromatic N) is 2. The maximum absolute atomic E-state index is 13.5. The van der Waals surface area contributed by atoms with E-state index in [1.165, 1.54) is 4.90 Å². The average molecular weight is 494 g/mol. The summed E-state index contributed by atoms with van der Waals surface area (Å²) in [4.78, 5) is 29.6. The molecule has 172 valence electrons. The zero-order valence-corrected chi connectivity index (χ0v) is 19.5. The minimum Gasteiger partial charge on any atom is -0.454 e. The predicted octanol–water partition coefficient (Wildman–Crippen LogP) is 4.60. The lowest BCUT2D eigenvalue weighted by molar-refractivity contribution is -0.124. The molecule has 2 amide bonds. The van der Waals surface area contributed by atoms with E-state index in [-0.39, 0.29) is 25.0 Å². The lowest BCUT2D eigenvalue weighted by atomic mass is 10.1. The van der Waals surface area contributed by atoms with Gasteiger partial charge in [0.1, 0.15) is 6.04 Å². The van der Waals surface area contributed by atoms with Crippen LogP contribution in [0.5, 0.6) is 11.5 Å². The molecule has 1 atom stereocenters. The summed E-state index contributed by atoms with van der Waals surface area (Å²) in [5.74, 6) is 0.775. The van der Waals surface area contributed by atoms with Gasteiger partial charge in [-0.15, -0.1) is 0 Å². The highest BCUT2D eigenvalue weighted by Crippen LogP contribution is 2.34. The number of para-hydroxylation sites is 1. The highest BCUT2D eigenvalue weighted by molar-refractivity contribution is 7.80. The Kier molecular flexibility index (Phi) is 6.08. The van der Waals surface area contributed by atoms with Gasteiger partial charge >= 0.3 is 0 Å². The van der Waals surface area contributed by atoms with E-state index in [0.717, 1.165) is 5.56 Å². The second kappa shape index (κ2) is 9.32. The number of hydrogen-bond acceptors (Lipinski definition) is 5. The van der Waals surface area contributed by atoms with E-state index in [2.05, 4.69) is 5.32 Å². The van der Waals surface area contributed by atoms with Crippen molar-refractivity contribution >= 4 is 52.1 Å². The van der Waals surface area contributed by atoms with Crippen LogP contribution in [-0.2, 0) is 16.1 Å². The summed E-state index contributed by atoms with van der Waals surface area (Å²) in [5, 5.41) is 3.75. The van der Waals surface area contributed by atoms with Crippen molar-refractivity contribution < 1.29 is 19.1 Å². The first kappa shape index (κ1) is 22.2. The van der Waals surface area contributed by atoms with E-state index in [4.69, 9.17) is 33.3 Å². The van der Waals surface area contributed by atoms with Gasteiger partial charge in [-0.1, -0.05) is 35.9 Å². The van der Waals surface area contributed by atoms with Crippen LogP contribution in [0.25, 0.3) is 0 Å². The van der Waals surface area contributed by atoms with Crippen LogP contribution in [0.15, 0.2) is 72.8 Å². The van der Waals surface area contributed by atoms with Gasteiger partial charge in [0.2, 0.25) is 12.7 Å². The molecule has 0 spiro atoms. The predicted molar refractivity (Wildman–Crippen MR) is 133 cm³/mol. The topological polar surface area (TPSA) is 71.1 Å². The van der Waals surface area contributed by atoms with Crippen LogP contribution < -0.4 is 19.7 Å². The second-order valence-corrected chi connectivity index (χ2v) is 8.68. The number of amides is 2. The summed E-state index contributed by atoms with van der Waals surface area (Å²) < 4.78 is 10.9. The van der Waals surface area contributed by atoms with E-state index >= 15 is 0 Å². The molecule has 0 saturated carbocycles. The molecule has 0 aliphatic carbocycles. The van der Waals surface area contributed by atoms with Gasteiger partial charge in [0.05, 0.1) is 12.1 Å². The van der Waals surface area contributed by atoms with Crippen LogP contribution in [0.4, 0.5) is 11.4 Å². The number of ether oxygens (including phenoxy) is 2. The maximum Gasteiger partial charge on any atom is 0.256 e. The number of nitrogens with one attached hydrogen (secondary N) is 1. The fourth-order valence-corrected chi connectivity index (χ4v) is 4.50. The van der Waals surface area contributed by atoms with Crippen molar-refractivity contribution in [1.29, 1.82) is 0 Å². The first-order valence-corrected chi connectivity index (χ1v) is 11.4. The minimum absolute atomic E-state index is 0.0600. The molecule has 5 rings (SSSR count). The van der Waals surface area contributed by atoms with Gasteiger partial charge in [0, 0.05) is 17.3 Å². The molecule has 3 aromatic carbocycles. The first-order chi connectivity index (χ1) is 16.5. The molecule has 2 aliphatic heterocycles. The Morgan fingerprint density at radius 2 is 1.76 bits per heavy atom. The van der Waals surface area contributed by atoms with Crippen molar-refractivity contribution in [3.8, 4) is 11.5 Å². The lowest BCUT2D eigenvalue weighted by Gasteiger charge is -2.24. The largest absolute Gasteiger partial charge is 0.454 e. The second-order valence-electron chi connectivity index (χ2n) is 7.88. The van der Waals surface area contributed by atoms with Crippen molar-refractivity contribution in [2.75, 3.05) is 17.0 Å². The van der Waals surface area contributed by atoms with Crippen LogP contribution in [-0.4, -0.2) is 34.7 Å². The zero-order chi connectivity index (χ0) is 23.7. The van der Waals surface area contributed by atoms with E-state index < -0.39 is 6.04 Å². The van der Waals surface area contributed by atoms with Gasteiger partial charge in [-0.25, -0.2) is 0 Å². The molecule has 0 bridgehead atoms. The lowest BCUT2D eigenvalue weighted by Crippen LogP contribution is -2.37. The molecule has 0 unspecified atom stereocenters. The Morgan fingerprint density at radius 3 is 2.53 bits per heavy atom. The number of carbonyl (C=O) groups is 2. The molecule has 3 aromatic rings. The van der Waals surface area contributed by atoms with Gasteiger partial charge in [-0.05, 0) is 66.3 Å². The quantitative estimate of drug-likeness (QED) is 0.506. The number of thiocarbonyl (C=S) groups is 1. The summed E-state index contributed by atoms with van der Waals surface area (Å²) in [5.41, 5.74) is 2.15. The van der Waals surface area contributed by atoms with Gasteiger partial charge in [0.15, 0.2) is 16.6 Å². The summed E-state index contributed by atoms with van der Waals surface area (Å²) in [6, 6.07) is 20.8. The van der Waals surface area contributed by atoms with Gasteiger partial charge in [-0.3, -0.25) is 14.5 Å². The van der Waals surface area contributed by atoms with Gasteiger partial charge in [-0.2, -0.15) is 0 Å². The van der Waals surface area contributed by atoms with Gasteiger partial charge in [0.25, 0.3) is 5.91 Å². The fraction of sp³-hybridized carbons (Fsp3) is 0.160. The summed E-state index contributed by atoms with van der Waals surface area (Å²) in [6.45, 7) is 0.512. The minimum atomic E-state index is -0.759. The molecule has 0 aromatic heterocycles. The van der Waals surface area contributed by atoms with E-state index in [9.17, 15) is 9.59 Å². The monoisotopic (exact) mass is 493 g/mol. The Labute approximate surface area is 206 Å². The molecule has 34 heavy (non-hydrogen) atoms. The number of hydrogen-bond donors (Lipinski definition) is 1. The molecule has 7 nitrogen and oxygen atoms in total. The molecule has 9 heteroatoms. The molecule has 0 radical (unpaired) electrons. The Bertz CT molecular complexity index is 1250. The van der Waals surface area contributed by atoms with E-state index in [1.807, 2.05) is 48.5 Å². The van der Waals surface area contributed by atoms with Crippen LogP contribution >= 0.6 is 23.8 Å². The molecular formula is C25H20ClN3O4S. The number of carbonyl (C=O) groups excluding carboxylic acids is 2. The molecule has 2 heterocycles. The van der Waals surface area contributed by atoms with E-state index in [0.29, 0.717) is 39.6 Å². The van der Waals surface area contributed by atoms with Crippen molar-refractivity contribution in [3.63, 3.8) is 0 Å². The van der Waals surface area contributed by atoms with Crippen molar-refractivity contribution in [2.45, 2.75) is 19.0 Å². The highest BCUT2D eigenvalue weighted by atomic mass is 35.5. The number of rotatable bonds is 6.